The van der Waals surface area contributed by atoms with Crippen molar-refractivity contribution in [1.82, 2.24) is 9.55 Å². The van der Waals surface area contributed by atoms with Crippen molar-refractivity contribution < 1.29 is 9.21 Å². The lowest BCUT2D eigenvalue weighted by molar-refractivity contribution is 0.0945. The van der Waals surface area contributed by atoms with E-state index in [-0.39, 0.29) is 23.6 Å². The molecule has 6 heteroatoms. The second-order valence-corrected chi connectivity index (χ2v) is 8.50. The summed E-state index contributed by atoms with van der Waals surface area (Å²) < 4.78 is 7.02. The van der Waals surface area contributed by atoms with Crippen LogP contribution in [0.5, 0.6) is 0 Å². The average Bonchev–Trinajstić information content (AvgIpc) is 3.45. The fourth-order valence-corrected chi connectivity index (χ4v) is 4.91. The number of fused-ring (bicyclic) bond motifs is 3. The van der Waals surface area contributed by atoms with Crippen molar-refractivity contribution in [2.45, 2.75) is 6.54 Å². The highest BCUT2D eigenvalue weighted by Crippen LogP contribution is 2.32. The Bertz CT molecular complexity index is 1670. The number of hydrogen-bond donors (Lipinski definition) is 0. The van der Waals surface area contributed by atoms with Crippen LogP contribution in [0.3, 0.4) is 0 Å². The fraction of sp³-hybridized carbons (Fsp3) is 0.0385. The van der Waals surface area contributed by atoms with Crippen LogP contribution in [0.15, 0.2) is 93.7 Å². The summed E-state index contributed by atoms with van der Waals surface area (Å²) >= 11 is 1.43. The van der Waals surface area contributed by atoms with Gasteiger partial charge in [0.15, 0.2) is 5.76 Å². The summed E-state index contributed by atoms with van der Waals surface area (Å²) in [6.07, 6.45) is 1.44. The highest BCUT2D eigenvalue weighted by Gasteiger charge is 2.17. The summed E-state index contributed by atoms with van der Waals surface area (Å²) in [5.41, 5.74) is 2.20. The first-order valence-corrected chi connectivity index (χ1v) is 11.0. The molecule has 0 amide bonds. The minimum absolute atomic E-state index is 0.130. The Kier molecular flexibility index (Phi) is 4.26. The van der Waals surface area contributed by atoms with E-state index < -0.39 is 0 Å². The van der Waals surface area contributed by atoms with Gasteiger partial charge in [-0.3, -0.25) is 14.2 Å². The van der Waals surface area contributed by atoms with E-state index in [1.165, 1.54) is 22.2 Å². The molecular formula is C26H16N2O3S. The number of ketones is 1. The molecule has 0 spiro atoms. The molecule has 0 radical (unpaired) electrons. The van der Waals surface area contributed by atoms with Gasteiger partial charge in [0.05, 0.1) is 18.3 Å². The number of carbonyl (C=O) groups is 1. The normalized spacial score (nSPS) is 11.5. The Morgan fingerprint density at radius 3 is 2.56 bits per heavy atom. The Morgan fingerprint density at radius 2 is 1.72 bits per heavy atom. The summed E-state index contributed by atoms with van der Waals surface area (Å²) in [6.45, 7) is -0.130. The first-order valence-electron chi connectivity index (χ1n) is 10.1. The van der Waals surface area contributed by atoms with E-state index in [0.717, 1.165) is 27.3 Å². The number of thiophene rings is 1. The van der Waals surface area contributed by atoms with Crippen LogP contribution in [0.25, 0.3) is 43.1 Å². The molecule has 0 N–H and O–H groups in total. The number of para-hydroxylation sites is 1. The molecule has 0 unspecified atom stereocenters. The second-order valence-electron chi connectivity index (χ2n) is 7.64. The van der Waals surface area contributed by atoms with E-state index in [4.69, 9.17) is 4.42 Å². The van der Waals surface area contributed by atoms with E-state index in [9.17, 15) is 9.59 Å². The van der Waals surface area contributed by atoms with Crippen molar-refractivity contribution in [3.8, 4) is 11.1 Å². The maximum atomic E-state index is 13.3. The van der Waals surface area contributed by atoms with Crippen LogP contribution in [0.4, 0.5) is 0 Å². The maximum absolute atomic E-state index is 13.3. The molecule has 0 aliphatic heterocycles. The number of benzene rings is 3. The summed E-state index contributed by atoms with van der Waals surface area (Å²) in [5, 5.41) is 5.59. The predicted molar refractivity (Wildman–Crippen MR) is 127 cm³/mol. The number of hydrogen-bond acceptors (Lipinski definition) is 5. The lowest BCUT2D eigenvalue weighted by Crippen LogP contribution is -2.24. The Balaban J connectivity index is 1.41. The van der Waals surface area contributed by atoms with E-state index in [0.29, 0.717) is 15.8 Å². The number of nitrogens with zero attached hydrogens (tertiary/aromatic N) is 2. The largest absolute Gasteiger partial charge is 0.453 e. The van der Waals surface area contributed by atoms with E-state index in [1.807, 2.05) is 53.9 Å². The number of carbonyl (C=O) groups excluding carboxylic acids is 1. The number of aromatic nitrogens is 2. The van der Waals surface area contributed by atoms with Crippen LogP contribution in [0, 0.1) is 0 Å². The standard InChI is InChI=1S/C26H16N2O3S/c29-21(23-12-19-7-3-4-8-22(19)31-23)13-28-15-27-25-24(26(28)30)20(14-32-25)18-10-9-16-5-1-2-6-17(16)11-18/h1-12,14-15H,13H2. The van der Waals surface area contributed by atoms with E-state index >= 15 is 0 Å². The lowest BCUT2D eigenvalue weighted by Gasteiger charge is -2.06. The molecule has 6 rings (SSSR count). The average molecular weight is 436 g/mol. The topological polar surface area (TPSA) is 65.1 Å². The number of furan rings is 1. The fourth-order valence-electron chi connectivity index (χ4n) is 4.00. The third-order valence-electron chi connectivity index (χ3n) is 5.64. The molecule has 154 valence electrons. The van der Waals surface area contributed by atoms with Gasteiger partial charge in [-0.2, -0.15) is 0 Å². The van der Waals surface area contributed by atoms with Crippen molar-refractivity contribution in [2.75, 3.05) is 0 Å². The van der Waals surface area contributed by atoms with Crippen LogP contribution in [0.1, 0.15) is 10.6 Å². The molecule has 0 bridgehead atoms. The van der Waals surface area contributed by atoms with Gasteiger partial charge in [0.1, 0.15) is 10.4 Å². The molecule has 0 saturated carbocycles. The highest BCUT2D eigenvalue weighted by molar-refractivity contribution is 7.17. The Labute approximate surface area is 186 Å². The maximum Gasteiger partial charge on any atom is 0.263 e. The second kappa shape index (κ2) is 7.28. The smallest absolute Gasteiger partial charge is 0.263 e. The van der Waals surface area contributed by atoms with Gasteiger partial charge < -0.3 is 4.42 Å². The van der Waals surface area contributed by atoms with Gasteiger partial charge in [0.2, 0.25) is 5.78 Å². The molecular weight excluding hydrogens is 420 g/mol. The minimum Gasteiger partial charge on any atom is -0.453 e. The third kappa shape index (κ3) is 3.04. The van der Waals surface area contributed by atoms with Crippen molar-refractivity contribution in [2.24, 2.45) is 0 Å². The van der Waals surface area contributed by atoms with Gasteiger partial charge in [-0.1, -0.05) is 54.6 Å². The van der Waals surface area contributed by atoms with Gasteiger partial charge in [-0.15, -0.1) is 11.3 Å². The lowest BCUT2D eigenvalue weighted by atomic mass is 10.0. The molecule has 3 aromatic carbocycles. The minimum atomic E-state index is -0.271. The third-order valence-corrected chi connectivity index (χ3v) is 6.52. The van der Waals surface area contributed by atoms with Crippen LogP contribution in [0.2, 0.25) is 0 Å². The first kappa shape index (κ1) is 18.7. The van der Waals surface area contributed by atoms with Gasteiger partial charge in [-0.05, 0) is 34.5 Å². The molecule has 3 aromatic heterocycles. The molecule has 0 aliphatic carbocycles. The predicted octanol–water partition coefficient (Wildman–Crippen LogP) is 5.91. The molecule has 0 saturated heterocycles. The van der Waals surface area contributed by atoms with Crippen LogP contribution < -0.4 is 5.56 Å². The number of rotatable bonds is 4. The molecule has 0 aliphatic rings. The van der Waals surface area contributed by atoms with Crippen molar-refractivity contribution >= 4 is 49.1 Å². The SMILES string of the molecule is O=C(Cn1cnc2scc(-c3ccc4ccccc4c3)c2c1=O)c1cc2ccccc2o1. The van der Waals surface area contributed by atoms with Gasteiger partial charge in [0.25, 0.3) is 5.56 Å². The summed E-state index contributed by atoms with van der Waals surface area (Å²) in [6, 6.07) is 23.4. The summed E-state index contributed by atoms with van der Waals surface area (Å²) in [5.74, 6) is -0.0368. The van der Waals surface area contributed by atoms with Gasteiger partial charge in [0, 0.05) is 16.3 Å². The van der Waals surface area contributed by atoms with Crippen molar-refractivity contribution in [1.29, 1.82) is 0 Å². The summed E-state index contributed by atoms with van der Waals surface area (Å²) in [7, 11) is 0. The zero-order valence-electron chi connectivity index (χ0n) is 16.8. The first-order chi connectivity index (χ1) is 15.7. The zero-order valence-corrected chi connectivity index (χ0v) is 17.6. The molecule has 3 heterocycles. The molecule has 0 fully saturated rings. The van der Waals surface area contributed by atoms with E-state index in [1.54, 1.807) is 6.07 Å². The van der Waals surface area contributed by atoms with Gasteiger partial charge in [-0.25, -0.2) is 4.98 Å². The van der Waals surface area contributed by atoms with Crippen molar-refractivity contribution in [3.05, 3.63) is 101 Å². The van der Waals surface area contributed by atoms with Crippen LogP contribution >= 0.6 is 11.3 Å². The monoisotopic (exact) mass is 436 g/mol. The summed E-state index contributed by atoms with van der Waals surface area (Å²) in [4.78, 5) is 31.3. The number of Topliss-reactive ketones (excluding diaryl/α,β-unsaturated/α-hetero) is 1. The van der Waals surface area contributed by atoms with Crippen LogP contribution in [-0.4, -0.2) is 15.3 Å². The highest BCUT2D eigenvalue weighted by atomic mass is 32.1. The van der Waals surface area contributed by atoms with Crippen molar-refractivity contribution in [3.63, 3.8) is 0 Å². The van der Waals surface area contributed by atoms with Crippen LogP contribution in [-0.2, 0) is 6.54 Å². The van der Waals surface area contributed by atoms with Gasteiger partial charge >= 0.3 is 0 Å². The Hall–Kier alpha value is -4.03. The zero-order chi connectivity index (χ0) is 21.7. The molecule has 6 aromatic rings. The molecule has 32 heavy (non-hydrogen) atoms. The Morgan fingerprint density at radius 1 is 0.938 bits per heavy atom. The molecule has 5 nitrogen and oxygen atoms in total. The molecule has 0 atom stereocenters. The van der Waals surface area contributed by atoms with E-state index in [2.05, 4.69) is 23.2 Å². The quantitative estimate of drug-likeness (QED) is 0.322.